The lowest BCUT2D eigenvalue weighted by molar-refractivity contribution is 0.275. The number of aromatic nitrogens is 1. The Labute approximate surface area is 120 Å². The van der Waals surface area contributed by atoms with Crippen LogP contribution in [0.25, 0.3) is 0 Å². The maximum atomic E-state index is 13.3. The average Bonchev–Trinajstić information content (AvgIpc) is 2.67. The van der Waals surface area contributed by atoms with Crippen LogP contribution >= 0.6 is 11.3 Å². The molecular formula is C12H13FN2O3S2. The minimum absolute atomic E-state index is 0.0700. The van der Waals surface area contributed by atoms with Crippen LogP contribution in [0.3, 0.4) is 0 Å². The van der Waals surface area contributed by atoms with E-state index in [1.54, 1.807) is 6.92 Å². The Balaban J connectivity index is 2.35. The van der Waals surface area contributed by atoms with Crippen LogP contribution in [0.15, 0.2) is 23.1 Å². The van der Waals surface area contributed by atoms with Crippen LogP contribution in [-0.4, -0.2) is 18.5 Å². The van der Waals surface area contributed by atoms with E-state index in [4.69, 9.17) is 5.11 Å². The smallest absolute Gasteiger partial charge is 0.263 e. The molecule has 0 radical (unpaired) electrons. The number of anilines is 1. The number of nitrogens with one attached hydrogen (secondary N) is 1. The van der Waals surface area contributed by atoms with E-state index < -0.39 is 22.4 Å². The number of aryl methyl sites for hydroxylation is 2. The second-order valence-corrected chi connectivity index (χ2v) is 7.06. The van der Waals surface area contributed by atoms with Crippen LogP contribution in [0.1, 0.15) is 16.1 Å². The van der Waals surface area contributed by atoms with Crippen LogP contribution in [0.5, 0.6) is 0 Å². The summed E-state index contributed by atoms with van der Waals surface area (Å²) in [6.07, 6.45) is 0. The summed E-state index contributed by atoms with van der Waals surface area (Å²) in [7, 11) is -3.85. The number of hydrogen-bond donors (Lipinski definition) is 2. The Morgan fingerprint density at radius 1 is 1.40 bits per heavy atom. The molecule has 0 aliphatic carbocycles. The number of aliphatic hydroxyl groups is 1. The Bertz CT molecular complexity index is 722. The van der Waals surface area contributed by atoms with E-state index in [0.717, 1.165) is 28.8 Å². The van der Waals surface area contributed by atoms with E-state index in [0.29, 0.717) is 0 Å². The SMILES string of the molecule is Cc1nc(NS(=O)(=O)c2ccc(F)c(CO)c2)sc1C. The summed E-state index contributed by atoms with van der Waals surface area (Å²) in [4.78, 5) is 4.88. The number of aliphatic hydroxyl groups excluding tert-OH is 1. The number of rotatable bonds is 4. The molecule has 2 aromatic rings. The molecule has 0 atom stereocenters. The summed E-state index contributed by atoms with van der Waals surface area (Å²) in [5.74, 6) is -0.646. The molecule has 0 saturated carbocycles. The van der Waals surface area contributed by atoms with Crippen molar-refractivity contribution in [2.24, 2.45) is 0 Å². The Kier molecular flexibility index (Phi) is 4.07. The van der Waals surface area contributed by atoms with Crippen LogP contribution in [-0.2, 0) is 16.6 Å². The van der Waals surface area contributed by atoms with Gasteiger partial charge in [0.2, 0.25) is 0 Å². The predicted octanol–water partition coefficient (Wildman–Crippen LogP) is 2.19. The first-order valence-corrected chi connectivity index (χ1v) is 7.99. The van der Waals surface area contributed by atoms with Crippen molar-refractivity contribution in [1.82, 2.24) is 4.98 Å². The summed E-state index contributed by atoms with van der Waals surface area (Å²) in [6, 6.07) is 3.26. The summed E-state index contributed by atoms with van der Waals surface area (Å²) < 4.78 is 39.9. The quantitative estimate of drug-likeness (QED) is 0.906. The van der Waals surface area contributed by atoms with Crippen molar-refractivity contribution in [3.63, 3.8) is 0 Å². The highest BCUT2D eigenvalue weighted by Crippen LogP contribution is 2.24. The standard InChI is InChI=1S/C12H13FN2O3S2/c1-7-8(2)19-12(14-7)15-20(17,18)10-3-4-11(13)9(5-10)6-16/h3-5,16H,6H2,1-2H3,(H,14,15). The molecule has 1 heterocycles. The fourth-order valence-electron chi connectivity index (χ4n) is 1.53. The third kappa shape index (κ3) is 2.97. The molecule has 0 fully saturated rings. The first-order chi connectivity index (χ1) is 9.33. The minimum Gasteiger partial charge on any atom is -0.392 e. The van der Waals surface area contributed by atoms with Crippen molar-refractivity contribution >= 4 is 26.5 Å². The van der Waals surface area contributed by atoms with Crippen LogP contribution < -0.4 is 4.72 Å². The van der Waals surface area contributed by atoms with E-state index in [1.807, 2.05) is 6.92 Å². The van der Waals surface area contributed by atoms with E-state index in [9.17, 15) is 12.8 Å². The van der Waals surface area contributed by atoms with Gasteiger partial charge >= 0.3 is 0 Å². The van der Waals surface area contributed by atoms with Gasteiger partial charge in [-0.25, -0.2) is 17.8 Å². The molecule has 0 amide bonds. The van der Waals surface area contributed by atoms with Crippen molar-refractivity contribution in [3.8, 4) is 0 Å². The molecular weight excluding hydrogens is 303 g/mol. The zero-order chi connectivity index (χ0) is 14.9. The number of sulfonamides is 1. The normalized spacial score (nSPS) is 11.6. The highest BCUT2D eigenvalue weighted by molar-refractivity contribution is 7.93. The van der Waals surface area contributed by atoms with Gasteiger partial charge in [0.05, 0.1) is 17.2 Å². The van der Waals surface area contributed by atoms with Gasteiger partial charge in [0.15, 0.2) is 5.13 Å². The fourth-order valence-corrected chi connectivity index (χ4v) is 3.63. The molecule has 0 bridgehead atoms. The maximum absolute atomic E-state index is 13.3. The second kappa shape index (κ2) is 5.47. The summed E-state index contributed by atoms with van der Waals surface area (Å²) in [6.45, 7) is 3.06. The monoisotopic (exact) mass is 316 g/mol. The van der Waals surface area contributed by atoms with Crippen molar-refractivity contribution in [2.45, 2.75) is 25.3 Å². The minimum atomic E-state index is -3.85. The number of benzene rings is 1. The van der Waals surface area contributed by atoms with Gasteiger partial charge in [0, 0.05) is 10.4 Å². The lowest BCUT2D eigenvalue weighted by Gasteiger charge is -2.07. The molecule has 1 aromatic heterocycles. The van der Waals surface area contributed by atoms with Crippen molar-refractivity contribution < 1.29 is 17.9 Å². The summed E-state index contributed by atoms with van der Waals surface area (Å²) >= 11 is 1.22. The third-order valence-electron chi connectivity index (χ3n) is 2.75. The highest BCUT2D eigenvalue weighted by atomic mass is 32.2. The molecule has 5 nitrogen and oxygen atoms in total. The Morgan fingerprint density at radius 2 is 2.10 bits per heavy atom. The van der Waals surface area contributed by atoms with Gasteiger partial charge in [0.1, 0.15) is 5.82 Å². The molecule has 20 heavy (non-hydrogen) atoms. The highest BCUT2D eigenvalue weighted by Gasteiger charge is 2.18. The van der Waals surface area contributed by atoms with Crippen LogP contribution in [0.4, 0.5) is 9.52 Å². The topological polar surface area (TPSA) is 79.3 Å². The first-order valence-electron chi connectivity index (χ1n) is 5.69. The molecule has 0 unspecified atom stereocenters. The fraction of sp³-hybridized carbons (Fsp3) is 0.250. The van der Waals surface area contributed by atoms with E-state index in [2.05, 4.69) is 9.71 Å². The zero-order valence-corrected chi connectivity index (χ0v) is 12.5. The van der Waals surface area contributed by atoms with Crippen molar-refractivity contribution in [3.05, 3.63) is 40.2 Å². The molecule has 0 aliphatic rings. The molecule has 0 spiro atoms. The largest absolute Gasteiger partial charge is 0.392 e. The molecule has 8 heteroatoms. The van der Waals surface area contributed by atoms with E-state index in [1.165, 1.54) is 11.3 Å². The van der Waals surface area contributed by atoms with Gasteiger partial charge in [-0.15, -0.1) is 11.3 Å². The van der Waals surface area contributed by atoms with Gasteiger partial charge in [-0.1, -0.05) is 0 Å². The molecule has 108 valence electrons. The van der Waals surface area contributed by atoms with Gasteiger partial charge in [-0.05, 0) is 32.0 Å². The zero-order valence-electron chi connectivity index (χ0n) is 10.8. The van der Waals surface area contributed by atoms with Gasteiger partial charge in [0.25, 0.3) is 10.0 Å². The molecule has 0 saturated heterocycles. The summed E-state index contributed by atoms with van der Waals surface area (Å²) in [5.41, 5.74) is 0.683. The summed E-state index contributed by atoms with van der Waals surface area (Å²) in [5, 5.41) is 9.23. The average molecular weight is 316 g/mol. The Hall–Kier alpha value is -1.51. The molecule has 2 N–H and O–H groups in total. The Morgan fingerprint density at radius 3 is 2.65 bits per heavy atom. The van der Waals surface area contributed by atoms with Crippen LogP contribution in [0.2, 0.25) is 0 Å². The molecule has 2 rings (SSSR count). The van der Waals surface area contributed by atoms with Crippen molar-refractivity contribution in [1.29, 1.82) is 0 Å². The van der Waals surface area contributed by atoms with Gasteiger partial charge < -0.3 is 5.11 Å². The number of hydrogen-bond acceptors (Lipinski definition) is 5. The van der Waals surface area contributed by atoms with E-state index >= 15 is 0 Å². The third-order valence-corrected chi connectivity index (χ3v) is 5.20. The molecule has 0 aliphatic heterocycles. The predicted molar refractivity (Wildman–Crippen MR) is 74.7 cm³/mol. The lowest BCUT2D eigenvalue weighted by Crippen LogP contribution is -2.13. The number of halogens is 1. The van der Waals surface area contributed by atoms with Crippen molar-refractivity contribution in [2.75, 3.05) is 4.72 Å². The van der Waals surface area contributed by atoms with E-state index in [-0.39, 0.29) is 15.6 Å². The molecule has 1 aromatic carbocycles. The number of thiazole rings is 1. The first kappa shape index (κ1) is 14.9. The van der Waals surface area contributed by atoms with Gasteiger partial charge in [-0.3, -0.25) is 4.72 Å². The van der Waals surface area contributed by atoms with Gasteiger partial charge in [-0.2, -0.15) is 0 Å². The van der Waals surface area contributed by atoms with Crippen LogP contribution in [0, 0.1) is 19.7 Å². The second-order valence-electron chi connectivity index (χ2n) is 4.18. The number of nitrogens with zero attached hydrogens (tertiary/aromatic N) is 1. The maximum Gasteiger partial charge on any atom is 0.263 e. The lowest BCUT2D eigenvalue weighted by atomic mass is 10.2.